The first-order chi connectivity index (χ1) is 11.7. The Morgan fingerprint density at radius 2 is 1.92 bits per heavy atom. The highest BCUT2D eigenvalue weighted by molar-refractivity contribution is 7.90. The first-order valence-corrected chi connectivity index (χ1v) is 10.4. The van der Waals surface area contributed by atoms with Gasteiger partial charge < -0.3 is 9.47 Å². The zero-order valence-electron chi connectivity index (χ0n) is 15.1. The van der Waals surface area contributed by atoms with Gasteiger partial charge in [-0.25, -0.2) is 8.42 Å². The second-order valence-corrected chi connectivity index (χ2v) is 8.81. The third-order valence-electron chi connectivity index (χ3n) is 4.79. The summed E-state index contributed by atoms with van der Waals surface area (Å²) in [7, 11) is -1.26. The Kier molecular flexibility index (Phi) is 4.49. The molecule has 0 saturated heterocycles. The van der Waals surface area contributed by atoms with Gasteiger partial charge in [0.1, 0.15) is 0 Å². The molecular weight excluding hydrogens is 336 g/mol. The molecule has 0 aliphatic heterocycles. The number of sulfone groups is 1. The molecule has 1 aromatic heterocycles. The number of hydrogen-bond donors (Lipinski definition) is 0. The van der Waals surface area contributed by atoms with E-state index < -0.39 is 9.84 Å². The van der Waals surface area contributed by atoms with E-state index in [9.17, 15) is 13.2 Å². The second-order valence-electron chi connectivity index (χ2n) is 6.80. The number of aromatic nitrogens is 1. The summed E-state index contributed by atoms with van der Waals surface area (Å²) in [5.41, 5.74) is 3.36. The highest BCUT2D eigenvalue weighted by Gasteiger charge is 2.28. The first kappa shape index (κ1) is 17.7. The van der Waals surface area contributed by atoms with Gasteiger partial charge in [0, 0.05) is 54.5 Å². The molecule has 0 atom stereocenters. The fourth-order valence-electron chi connectivity index (χ4n) is 3.11. The van der Waals surface area contributed by atoms with Crippen LogP contribution in [-0.2, 0) is 16.4 Å². The van der Waals surface area contributed by atoms with Gasteiger partial charge in [-0.15, -0.1) is 0 Å². The molecule has 0 unspecified atom stereocenters. The van der Waals surface area contributed by atoms with Crippen molar-refractivity contribution in [1.82, 2.24) is 4.57 Å². The monoisotopic (exact) mass is 360 g/mol. The lowest BCUT2D eigenvalue weighted by atomic mass is 10.0. The van der Waals surface area contributed by atoms with Gasteiger partial charge in [-0.3, -0.25) is 4.79 Å². The summed E-state index contributed by atoms with van der Waals surface area (Å²) >= 11 is 0. The highest BCUT2D eigenvalue weighted by atomic mass is 32.2. The van der Waals surface area contributed by atoms with E-state index >= 15 is 0 Å². The standard InChI is InChI=1S/C19H24N2O3S/c1-5-21-12-14(10-13(2)19(21)22)17-11-16(25(4,23)24)8-9-18(17)20(3)15-6-7-15/h8-12,15H,5-7H2,1-4H3. The number of anilines is 1. The molecule has 2 aromatic rings. The summed E-state index contributed by atoms with van der Waals surface area (Å²) in [4.78, 5) is 14.7. The molecular formula is C19H24N2O3S. The molecule has 25 heavy (non-hydrogen) atoms. The number of benzene rings is 1. The molecule has 5 nitrogen and oxygen atoms in total. The SMILES string of the molecule is CCn1cc(-c2cc(S(C)(=O)=O)ccc2N(C)C2CC2)cc(C)c1=O. The van der Waals surface area contributed by atoms with Gasteiger partial charge in [-0.2, -0.15) is 0 Å². The van der Waals surface area contributed by atoms with Gasteiger partial charge in [-0.05, 0) is 51.0 Å². The van der Waals surface area contributed by atoms with Crippen molar-refractivity contribution >= 4 is 15.5 Å². The topological polar surface area (TPSA) is 59.4 Å². The van der Waals surface area contributed by atoms with Crippen LogP contribution < -0.4 is 10.5 Å². The predicted molar refractivity (Wildman–Crippen MR) is 101 cm³/mol. The lowest BCUT2D eigenvalue weighted by Gasteiger charge is -2.23. The Morgan fingerprint density at radius 1 is 1.24 bits per heavy atom. The summed E-state index contributed by atoms with van der Waals surface area (Å²) in [6.07, 6.45) is 5.34. The maximum Gasteiger partial charge on any atom is 0.253 e. The minimum absolute atomic E-state index is 0.0115. The molecule has 6 heteroatoms. The van der Waals surface area contributed by atoms with Gasteiger partial charge in [0.25, 0.3) is 5.56 Å². The Labute approximate surface area is 148 Å². The Morgan fingerprint density at radius 3 is 2.48 bits per heavy atom. The molecule has 0 amide bonds. The van der Waals surface area contributed by atoms with Crippen molar-refractivity contribution in [2.45, 2.75) is 44.2 Å². The fourth-order valence-corrected chi connectivity index (χ4v) is 3.76. The third kappa shape index (κ3) is 3.49. The van der Waals surface area contributed by atoms with E-state index in [1.165, 1.54) is 6.26 Å². The van der Waals surface area contributed by atoms with Crippen LogP contribution in [0.15, 0.2) is 40.2 Å². The van der Waals surface area contributed by atoms with Gasteiger partial charge >= 0.3 is 0 Å². The summed E-state index contributed by atoms with van der Waals surface area (Å²) < 4.78 is 25.7. The molecule has 134 valence electrons. The van der Waals surface area contributed by atoms with E-state index in [1.807, 2.05) is 32.3 Å². The zero-order valence-corrected chi connectivity index (χ0v) is 15.9. The maximum absolute atomic E-state index is 12.2. The van der Waals surface area contributed by atoms with E-state index in [0.29, 0.717) is 23.0 Å². The first-order valence-electron chi connectivity index (χ1n) is 8.50. The van der Waals surface area contributed by atoms with Gasteiger partial charge in [-0.1, -0.05) is 0 Å². The molecule has 1 aliphatic carbocycles. The summed E-state index contributed by atoms with van der Waals surface area (Å²) in [5, 5.41) is 0. The van der Waals surface area contributed by atoms with Crippen molar-refractivity contribution in [3.05, 3.63) is 46.4 Å². The summed E-state index contributed by atoms with van der Waals surface area (Å²) in [6.45, 7) is 4.30. The van der Waals surface area contributed by atoms with E-state index in [-0.39, 0.29) is 5.56 Å². The van der Waals surface area contributed by atoms with Gasteiger partial charge in [0.2, 0.25) is 0 Å². The van der Waals surface area contributed by atoms with Crippen molar-refractivity contribution in [3.8, 4) is 11.1 Å². The van der Waals surface area contributed by atoms with Crippen molar-refractivity contribution < 1.29 is 8.42 Å². The average molecular weight is 360 g/mol. The second kappa shape index (κ2) is 6.33. The molecule has 0 N–H and O–H groups in total. The van der Waals surface area contributed by atoms with Crippen LogP contribution in [-0.4, -0.2) is 32.3 Å². The molecule has 0 bridgehead atoms. The smallest absolute Gasteiger partial charge is 0.253 e. The Hall–Kier alpha value is -2.08. The normalized spacial score (nSPS) is 14.6. The van der Waals surface area contributed by atoms with Crippen LogP contribution in [0.2, 0.25) is 0 Å². The van der Waals surface area contributed by atoms with Crippen LogP contribution in [0.4, 0.5) is 5.69 Å². The fraction of sp³-hybridized carbons (Fsp3) is 0.421. The van der Waals surface area contributed by atoms with Crippen molar-refractivity contribution in [2.75, 3.05) is 18.2 Å². The van der Waals surface area contributed by atoms with Gasteiger partial charge in [0.15, 0.2) is 9.84 Å². The van der Waals surface area contributed by atoms with Crippen LogP contribution >= 0.6 is 0 Å². The summed E-state index contributed by atoms with van der Waals surface area (Å²) in [6, 6.07) is 7.61. The molecule has 3 rings (SSSR count). The van der Waals surface area contributed by atoms with Crippen molar-refractivity contribution in [1.29, 1.82) is 0 Å². The number of rotatable bonds is 5. The molecule has 1 fully saturated rings. The van der Waals surface area contributed by atoms with E-state index in [1.54, 1.807) is 23.6 Å². The molecule has 1 saturated carbocycles. The Bertz CT molecular complexity index is 973. The van der Waals surface area contributed by atoms with Crippen LogP contribution in [0, 0.1) is 6.92 Å². The number of pyridine rings is 1. The maximum atomic E-state index is 12.2. The zero-order chi connectivity index (χ0) is 18.4. The van der Waals surface area contributed by atoms with Crippen LogP contribution in [0.5, 0.6) is 0 Å². The minimum Gasteiger partial charge on any atom is -0.371 e. The average Bonchev–Trinajstić information content (AvgIpc) is 3.40. The number of nitrogens with zero attached hydrogens (tertiary/aromatic N) is 2. The number of aryl methyl sites for hydroxylation is 2. The van der Waals surface area contributed by atoms with Crippen molar-refractivity contribution in [2.24, 2.45) is 0 Å². The van der Waals surface area contributed by atoms with Crippen molar-refractivity contribution in [3.63, 3.8) is 0 Å². The van der Waals surface area contributed by atoms with Gasteiger partial charge in [0.05, 0.1) is 4.90 Å². The molecule has 1 aromatic carbocycles. The quantitative estimate of drug-likeness (QED) is 0.823. The lowest BCUT2D eigenvalue weighted by Crippen LogP contribution is -2.22. The van der Waals surface area contributed by atoms with Crippen LogP contribution in [0.25, 0.3) is 11.1 Å². The Balaban J connectivity index is 2.25. The van der Waals surface area contributed by atoms with E-state index in [4.69, 9.17) is 0 Å². The van der Waals surface area contributed by atoms with Crippen LogP contribution in [0.3, 0.4) is 0 Å². The largest absolute Gasteiger partial charge is 0.371 e. The van der Waals surface area contributed by atoms with E-state index in [2.05, 4.69) is 4.90 Å². The van der Waals surface area contributed by atoms with Crippen LogP contribution in [0.1, 0.15) is 25.3 Å². The van der Waals surface area contributed by atoms with E-state index in [0.717, 1.165) is 29.7 Å². The molecule has 0 spiro atoms. The number of hydrogen-bond acceptors (Lipinski definition) is 4. The molecule has 1 heterocycles. The minimum atomic E-state index is -3.30. The molecule has 1 aliphatic rings. The predicted octanol–water partition coefficient (Wildman–Crippen LogP) is 2.85. The molecule has 0 radical (unpaired) electrons. The summed E-state index contributed by atoms with van der Waals surface area (Å²) in [5.74, 6) is 0. The lowest BCUT2D eigenvalue weighted by molar-refractivity contribution is 0.602. The third-order valence-corrected chi connectivity index (χ3v) is 5.90. The highest BCUT2D eigenvalue weighted by Crippen LogP contribution is 2.38.